The summed E-state index contributed by atoms with van der Waals surface area (Å²) in [5, 5.41) is 3.63. The SMILES string of the molecule is Cn1cnn(CC(CN)=C(F)F)c1=O. The maximum atomic E-state index is 12.2. The molecule has 2 N–H and O–H groups in total. The minimum atomic E-state index is -1.86. The number of nitrogens with two attached hydrogens (primary N) is 1. The Bertz CT molecular complexity index is 402. The van der Waals surface area contributed by atoms with Crippen LogP contribution in [0.25, 0.3) is 0 Å². The third kappa shape index (κ3) is 2.05. The zero-order valence-electron chi connectivity index (χ0n) is 7.57. The van der Waals surface area contributed by atoms with Crippen molar-refractivity contribution in [3.05, 3.63) is 28.5 Å². The lowest BCUT2D eigenvalue weighted by atomic mass is 10.3. The molecule has 0 aliphatic carbocycles. The second-order valence-corrected chi connectivity index (χ2v) is 2.75. The molecule has 0 amide bonds. The van der Waals surface area contributed by atoms with Gasteiger partial charge in [0, 0.05) is 19.2 Å². The van der Waals surface area contributed by atoms with E-state index in [4.69, 9.17) is 5.73 Å². The molecule has 0 aliphatic rings. The van der Waals surface area contributed by atoms with Crippen LogP contribution in [0.2, 0.25) is 0 Å². The van der Waals surface area contributed by atoms with E-state index in [-0.39, 0.29) is 18.7 Å². The van der Waals surface area contributed by atoms with Crippen LogP contribution in [0.1, 0.15) is 0 Å². The van der Waals surface area contributed by atoms with Crippen LogP contribution in [0.4, 0.5) is 8.78 Å². The lowest BCUT2D eigenvalue weighted by Gasteiger charge is -2.01. The van der Waals surface area contributed by atoms with Crippen molar-refractivity contribution in [3.63, 3.8) is 0 Å². The van der Waals surface area contributed by atoms with Gasteiger partial charge in [0.15, 0.2) is 0 Å². The number of halogens is 2. The highest BCUT2D eigenvalue weighted by Crippen LogP contribution is 2.07. The van der Waals surface area contributed by atoms with Crippen LogP contribution < -0.4 is 11.4 Å². The van der Waals surface area contributed by atoms with Crippen molar-refractivity contribution in [1.29, 1.82) is 0 Å². The van der Waals surface area contributed by atoms with Crippen molar-refractivity contribution in [3.8, 4) is 0 Å². The highest BCUT2D eigenvalue weighted by atomic mass is 19.3. The van der Waals surface area contributed by atoms with E-state index in [1.807, 2.05) is 0 Å². The van der Waals surface area contributed by atoms with Crippen LogP contribution in [-0.2, 0) is 13.6 Å². The summed E-state index contributed by atoms with van der Waals surface area (Å²) in [4.78, 5) is 11.2. The second-order valence-electron chi connectivity index (χ2n) is 2.75. The normalized spacial score (nSPS) is 10.3. The number of aromatic nitrogens is 3. The predicted molar refractivity (Wildman–Crippen MR) is 45.8 cm³/mol. The minimum Gasteiger partial charge on any atom is -0.327 e. The predicted octanol–water partition coefficient (Wildman–Crippen LogP) is -0.309. The molecule has 0 radical (unpaired) electrons. The van der Waals surface area contributed by atoms with Gasteiger partial charge in [-0.15, -0.1) is 0 Å². The molecule has 0 atom stereocenters. The first-order valence-corrected chi connectivity index (χ1v) is 3.87. The van der Waals surface area contributed by atoms with Gasteiger partial charge in [-0.2, -0.15) is 13.9 Å². The molecule has 0 unspecified atom stereocenters. The average Bonchev–Trinajstić information content (AvgIpc) is 2.44. The van der Waals surface area contributed by atoms with Crippen LogP contribution in [0.15, 0.2) is 22.8 Å². The number of rotatable bonds is 3. The van der Waals surface area contributed by atoms with E-state index >= 15 is 0 Å². The fraction of sp³-hybridized carbons (Fsp3) is 0.429. The zero-order chi connectivity index (χ0) is 10.7. The first-order chi connectivity index (χ1) is 6.56. The monoisotopic (exact) mass is 204 g/mol. The zero-order valence-corrected chi connectivity index (χ0v) is 7.57. The van der Waals surface area contributed by atoms with E-state index in [1.54, 1.807) is 0 Å². The second kappa shape index (κ2) is 4.14. The molecule has 0 aliphatic heterocycles. The lowest BCUT2D eigenvalue weighted by molar-refractivity contribution is 0.400. The van der Waals surface area contributed by atoms with Crippen LogP contribution in [0, 0.1) is 0 Å². The van der Waals surface area contributed by atoms with Gasteiger partial charge in [0.05, 0.1) is 6.54 Å². The smallest absolute Gasteiger partial charge is 0.327 e. The van der Waals surface area contributed by atoms with Gasteiger partial charge >= 0.3 is 5.69 Å². The number of hydrogen-bond donors (Lipinski definition) is 1. The van der Waals surface area contributed by atoms with E-state index in [0.29, 0.717) is 0 Å². The molecule has 0 spiro atoms. The Morgan fingerprint density at radius 1 is 1.64 bits per heavy atom. The minimum absolute atomic E-state index is 0.265. The molecular formula is C7H10F2N4O. The summed E-state index contributed by atoms with van der Waals surface area (Å²) in [6, 6.07) is 0. The molecule has 0 saturated carbocycles. The Morgan fingerprint density at radius 3 is 2.64 bits per heavy atom. The fourth-order valence-corrected chi connectivity index (χ4v) is 0.911. The van der Waals surface area contributed by atoms with Gasteiger partial charge < -0.3 is 5.73 Å². The summed E-state index contributed by atoms with van der Waals surface area (Å²) in [5.41, 5.74) is 4.36. The van der Waals surface area contributed by atoms with E-state index in [2.05, 4.69) is 5.10 Å². The summed E-state index contributed by atoms with van der Waals surface area (Å²) in [7, 11) is 1.49. The van der Waals surface area contributed by atoms with E-state index < -0.39 is 11.8 Å². The largest absolute Gasteiger partial charge is 0.345 e. The number of aryl methyl sites for hydroxylation is 1. The third-order valence-corrected chi connectivity index (χ3v) is 1.74. The van der Waals surface area contributed by atoms with Crippen LogP contribution in [0.5, 0.6) is 0 Å². The van der Waals surface area contributed by atoms with Crippen molar-refractivity contribution < 1.29 is 8.78 Å². The number of nitrogens with zero attached hydrogens (tertiary/aromatic N) is 3. The van der Waals surface area contributed by atoms with Crippen LogP contribution >= 0.6 is 0 Å². The van der Waals surface area contributed by atoms with Gasteiger partial charge in [-0.25, -0.2) is 9.48 Å². The first kappa shape index (κ1) is 10.6. The lowest BCUT2D eigenvalue weighted by Crippen LogP contribution is -2.25. The summed E-state index contributed by atoms with van der Waals surface area (Å²) < 4.78 is 26.5. The molecule has 5 nitrogen and oxygen atoms in total. The molecule has 1 aromatic heterocycles. The Kier molecular flexibility index (Phi) is 3.13. The van der Waals surface area contributed by atoms with Crippen LogP contribution in [-0.4, -0.2) is 20.9 Å². The highest BCUT2D eigenvalue weighted by Gasteiger charge is 2.08. The Balaban J connectivity index is 2.94. The van der Waals surface area contributed by atoms with E-state index in [9.17, 15) is 13.6 Å². The molecule has 78 valence electrons. The summed E-state index contributed by atoms with van der Waals surface area (Å²) in [5.74, 6) is 0. The van der Waals surface area contributed by atoms with Gasteiger partial charge in [0.25, 0.3) is 6.08 Å². The molecule has 0 saturated heterocycles. The van der Waals surface area contributed by atoms with Gasteiger partial charge in [-0.05, 0) is 0 Å². The maximum absolute atomic E-state index is 12.2. The van der Waals surface area contributed by atoms with Crippen molar-refractivity contribution in [2.24, 2.45) is 12.8 Å². The Morgan fingerprint density at radius 2 is 2.29 bits per heavy atom. The number of hydrogen-bond acceptors (Lipinski definition) is 3. The van der Waals surface area contributed by atoms with E-state index in [1.165, 1.54) is 17.9 Å². The summed E-state index contributed by atoms with van der Waals surface area (Å²) >= 11 is 0. The molecule has 1 rings (SSSR count). The molecular weight excluding hydrogens is 194 g/mol. The molecule has 0 aromatic carbocycles. The molecule has 7 heteroatoms. The fourth-order valence-electron chi connectivity index (χ4n) is 0.911. The van der Waals surface area contributed by atoms with Gasteiger partial charge in [-0.1, -0.05) is 0 Å². The third-order valence-electron chi connectivity index (χ3n) is 1.74. The van der Waals surface area contributed by atoms with Crippen molar-refractivity contribution in [2.75, 3.05) is 6.54 Å². The Hall–Kier alpha value is -1.50. The van der Waals surface area contributed by atoms with Crippen LogP contribution in [0.3, 0.4) is 0 Å². The standard InChI is InChI=1S/C7H10F2N4O/c1-12-4-11-13(7(12)14)3-5(2-10)6(8)9/h4H,2-3,10H2,1H3. The maximum Gasteiger partial charge on any atom is 0.345 e. The van der Waals surface area contributed by atoms with Crippen molar-refractivity contribution in [2.45, 2.75) is 6.54 Å². The van der Waals surface area contributed by atoms with Crippen molar-refractivity contribution >= 4 is 0 Å². The van der Waals surface area contributed by atoms with Gasteiger partial charge in [0.2, 0.25) is 0 Å². The highest BCUT2D eigenvalue weighted by molar-refractivity contribution is 5.03. The Labute approximate surface area is 78.4 Å². The van der Waals surface area contributed by atoms with E-state index in [0.717, 1.165) is 4.68 Å². The molecule has 1 aromatic rings. The first-order valence-electron chi connectivity index (χ1n) is 3.87. The summed E-state index contributed by atoms with van der Waals surface area (Å²) in [6.07, 6.45) is -0.600. The van der Waals surface area contributed by atoms with Gasteiger partial charge in [0.1, 0.15) is 6.33 Å². The quantitative estimate of drug-likeness (QED) is 0.734. The van der Waals surface area contributed by atoms with Crippen molar-refractivity contribution in [1.82, 2.24) is 14.3 Å². The average molecular weight is 204 g/mol. The van der Waals surface area contributed by atoms with Gasteiger partial charge in [-0.3, -0.25) is 4.57 Å². The molecule has 1 heterocycles. The topological polar surface area (TPSA) is 65.8 Å². The summed E-state index contributed by atoms with van der Waals surface area (Å²) in [6.45, 7) is -0.552. The molecule has 14 heavy (non-hydrogen) atoms. The molecule has 0 bridgehead atoms. The molecule has 0 fully saturated rings.